The molecule has 0 aliphatic carbocycles. The molecule has 0 amide bonds. The van der Waals surface area contributed by atoms with Crippen molar-refractivity contribution in [2.75, 3.05) is 19.8 Å². The highest BCUT2D eigenvalue weighted by Gasteiger charge is 2.29. The third-order valence-corrected chi connectivity index (χ3v) is 2.68. The van der Waals surface area contributed by atoms with Crippen molar-refractivity contribution in [2.24, 2.45) is 0 Å². The van der Waals surface area contributed by atoms with Gasteiger partial charge in [-0.05, 0) is 19.1 Å². The lowest BCUT2D eigenvalue weighted by atomic mass is 10.1. The molecule has 1 aromatic rings. The van der Waals surface area contributed by atoms with Gasteiger partial charge in [0.25, 0.3) is 0 Å². The molecule has 0 radical (unpaired) electrons. The second-order valence-corrected chi connectivity index (χ2v) is 3.99. The largest absolute Gasteiger partial charge is 0.490 e. The van der Waals surface area contributed by atoms with Crippen molar-refractivity contribution in [3.63, 3.8) is 0 Å². The standard InChI is InChI=1S/C13H15FO5/c1-2-17-13(16)11(15)10-8(14)4-5-9-12(10)19-7-3-6-18-9/h4-5,11,15H,2-3,6-7H2,1H3. The lowest BCUT2D eigenvalue weighted by Gasteiger charge is -2.16. The van der Waals surface area contributed by atoms with E-state index in [0.29, 0.717) is 25.4 Å². The Bertz CT molecular complexity index is 474. The molecule has 104 valence electrons. The molecule has 1 aliphatic rings. The van der Waals surface area contributed by atoms with E-state index in [1.54, 1.807) is 6.92 Å². The van der Waals surface area contributed by atoms with Crippen LogP contribution in [0.3, 0.4) is 0 Å². The first kappa shape index (κ1) is 13.6. The summed E-state index contributed by atoms with van der Waals surface area (Å²) in [6.45, 7) is 2.47. The molecular formula is C13H15FO5. The molecule has 1 atom stereocenters. The van der Waals surface area contributed by atoms with Gasteiger partial charge in [0, 0.05) is 6.42 Å². The van der Waals surface area contributed by atoms with Crippen LogP contribution in [-0.4, -0.2) is 30.9 Å². The summed E-state index contributed by atoms with van der Waals surface area (Å²) in [6, 6.07) is 2.54. The van der Waals surface area contributed by atoms with Crippen LogP contribution in [0, 0.1) is 5.82 Å². The zero-order chi connectivity index (χ0) is 13.8. The van der Waals surface area contributed by atoms with Crippen molar-refractivity contribution >= 4 is 5.97 Å². The van der Waals surface area contributed by atoms with Gasteiger partial charge in [-0.1, -0.05) is 0 Å². The minimum Gasteiger partial charge on any atom is -0.490 e. The van der Waals surface area contributed by atoms with Crippen molar-refractivity contribution in [1.82, 2.24) is 0 Å². The number of fused-ring (bicyclic) bond motifs is 1. The third kappa shape index (κ3) is 2.78. The van der Waals surface area contributed by atoms with Crippen LogP contribution in [0.5, 0.6) is 11.5 Å². The Balaban J connectivity index is 2.40. The summed E-state index contributed by atoms with van der Waals surface area (Å²) in [4.78, 5) is 11.5. The van der Waals surface area contributed by atoms with Crippen LogP contribution in [0.2, 0.25) is 0 Å². The summed E-state index contributed by atoms with van der Waals surface area (Å²) in [7, 11) is 0. The van der Waals surface area contributed by atoms with Crippen LogP contribution in [-0.2, 0) is 9.53 Å². The van der Waals surface area contributed by atoms with Crippen molar-refractivity contribution in [3.05, 3.63) is 23.5 Å². The molecule has 0 aromatic heterocycles. The zero-order valence-electron chi connectivity index (χ0n) is 10.5. The number of hydrogen-bond donors (Lipinski definition) is 1. The van der Waals surface area contributed by atoms with Gasteiger partial charge in [-0.15, -0.1) is 0 Å². The van der Waals surface area contributed by atoms with Gasteiger partial charge in [-0.25, -0.2) is 9.18 Å². The van der Waals surface area contributed by atoms with Crippen LogP contribution >= 0.6 is 0 Å². The molecule has 5 nitrogen and oxygen atoms in total. The number of aliphatic hydroxyl groups is 1. The number of carbonyl (C=O) groups excluding carboxylic acids is 1. The maximum absolute atomic E-state index is 13.9. The number of aliphatic hydroxyl groups excluding tert-OH is 1. The minimum atomic E-state index is -1.73. The van der Waals surface area contributed by atoms with Crippen LogP contribution in [0.1, 0.15) is 25.0 Å². The molecule has 0 fully saturated rings. The lowest BCUT2D eigenvalue weighted by Crippen LogP contribution is -2.18. The van der Waals surface area contributed by atoms with Gasteiger partial charge in [-0.3, -0.25) is 0 Å². The Morgan fingerprint density at radius 2 is 2.21 bits per heavy atom. The topological polar surface area (TPSA) is 65.0 Å². The second-order valence-electron chi connectivity index (χ2n) is 3.99. The molecule has 1 N–H and O–H groups in total. The Kier molecular flexibility index (Phi) is 4.21. The van der Waals surface area contributed by atoms with Crippen LogP contribution in [0.25, 0.3) is 0 Å². The van der Waals surface area contributed by atoms with E-state index in [1.807, 2.05) is 0 Å². The minimum absolute atomic E-state index is 0.0676. The highest BCUT2D eigenvalue weighted by Crippen LogP contribution is 2.38. The molecule has 19 heavy (non-hydrogen) atoms. The summed E-state index contributed by atoms with van der Waals surface area (Å²) in [5.74, 6) is -1.26. The first-order valence-corrected chi connectivity index (χ1v) is 6.07. The van der Waals surface area contributed by atoms with Gasteiger partial charge in [-0.2, -0.15) is 0 Å². The maximum Gasteiger partial charge on any atom is 0.339 e. The van der Waals surface area contributed by atoms with Crippen LogP contribution in [0.15, 0.2) is 12.1 Å². The fourth-order valence-electron chi connectivity index (χ4n) is 1.83. The quantitative estimate of drug-likeness (QED) is 0.845. The molecule has 0 bridgehead atoms. The molecule has 1 aliphatic heterocycles. The van der Waals surface area contributed by atoms with E-state index in [-0.39, 0.29) is 17.9 Å². The summed E-state index contributed by atoms with van der Waals surface area (Å²) in [5, 5.41) is 9.90. The summed E-state index contributed by atoms with van der Waals surface area (Å²) < 4.78 is 29.3. The lowest BCUT2D eigenvalue weighted by molar-refractivity contribution is -0.153. The number of benzene rings is 1. The van der Waals surface area contributed by atoms with E-state index in [4.69, 9.17) is 9.47 Å². The van der Waals surface area contributed by atoms with Crippen molar-refractivity contribution in [1.29, 1.82) is 0 Å². The van der Waals surface area contributed by atoms with Crippen molar-refractivity contribution in [3.8, 4) is 11.5 Å². The normalized spacial score (nSPS) is 15.5. The average Bonchev–Trinajstić information content (AvgIpc) is 2.63. The molecule has 6 heteroatoms. The zero-order valence-corrected chi connectivity index (χ0v) is 10.5. The van der Waals surface area contributed by atoms with E-state index in [0.717, 1.165) is 6.07 Å². The van der Waals surface area contributed by atoms with E-state index in [1.165, 1.54) is 6.07 Å². The van der Waals surface area contributed by atoms with E-state index >= 15 is 0 Å². The first-order valence-electron chi connectivity index (χ1n) is 6.07. The molecule has 1 aromatic carbocycles. The number of halogens is 1. The number of ether oxygens (including phenoxy) is 3. The Labute approximate surface area is 109 Å². The second kappa shape index (κ2) is 5.88. The maximum atomic E-state index is 13.9. The molecule has 2 rings (SSSR count). The molecule has 0 saturated carbocycles. The Morgan fingerprint density at radius 3 is 2.95 bits per heavy atom. The molecule has 0 saturated heterocycles. The van der Waals surface area contributed by atoms with Gasteiger partial charge in [0.05, 0.1) is 25.4 Å². The predicted molar refractivity (Wildman–Crippen MR) is 63.6 cm³/mol. The summed E-state index contributed by atoms with van der Waals surface area (Å²) in [5.41, 5.74) is -0.238. The van der Waals surface area contributed by atoms with Gasteiger partial charge < -0.3 is 19.3 Å². The number of esters is 1. The van der Waals surface area contributed by atoms with Crippen molar-refractivity contribution < 1.29 is 28.5 Å². The van der Waals surface area contributed by atoms with Crippen LogP contribution < -0.4 is 9.47 Å². The fourth-order valence-corrected chi connectivity index (χ4v) is 1.83. The fraction of sp³-hybridized carbons (Fsp3) is 0.462. The highest BCUT2D eigenvalue weighted by molar-refractivity contribution is 5.78. The van der Waals surface area contributed by atoms with Crippen LogP contribution in [0.4, 0.5) is 4.39 Å². The predicted octanol–water partition coefficient (Wildman–Crippen LogP) is 1.58. The van der Waals surface area contributed by atoms with Gasteiger partial charge >= 0.3 is 5.97 Å². The smallest absolute Gasteiger partial charge is 0.339 e. The monoisotopic (exact) mass is 270 g/mol. The number of carbonyl (C=O) groups is 1. The van der Waals surface area contributed by atoms with E-state index in [2.05, 4.69) is 4.74 Å². The van der Waals surface area contributed by atoms with E-state index < -0.39 is 17.9 Å². The number of rotatable bonds is 3. The molecule has 1 heterocycles. The van der Waals surface area contributed by atoms with Gasteiger partial charge in [0.1, 0.15) is 5.82 Å². The average molecular weight is 270 g/mol. The molecule has 0 spiro atoms. The highest BCUT2D eigenvalue weighted by atomic mass is 19.1. The van der Waals surface area contributed by atoms with Gasteiger partial charge in [0.15, 0.2) is 17.6 Å². The summed E-state index contributed by atoms with van der Waals surface area (Å²) in [6.07, 6.45) is -1.08. The van der Waals surface area contributed by atoms with E-state index in [9.17, 15) is 14.3 Å². The first-order chi connectivity index (χ1) is 9.15. The SMILES string of the molecule is CCOC(=O)C(O)c1c(F)ccc2c1OCCCO2. The number of hydrogen-bond acceptors (Lipinski definition) is 5. The Morgan fingerprint density at radius 1 is 1.47 bits per heavy atom. The third-order valence-electron chi connectivity index (χ3n) is 2.68. The summed E-state index contributed by atoms with van der Waals surface area (Å²) >= 11 is 0. The Hall–Kier alpha value is -1.82. The van der Waals surface area contributed by atoms with Crippen molar-refractivity contribution in [2.45, 2.75) is 19.4 Å². The molecule has 1 unspecified atom stereocenters. The van der Waals surface area contributed by atoms with Gasteiger partial charge in [0.2, 0.25) is 0 Å². The molecular weight excluding hydrogens is 255 g/mol.